The quantitative estimate of drug-likeness (QED) is 0.222. The Labute approximate surface area is 187 Å². The van der Waals surface area contributed by atoms with Crippen molar-refractivity contribution < 1.29 is 28.6 Å². The summed E-state index contributed by atoms with van der Waals surface area (Å²) in [5.41, 5.74) is 0. The van der Waals surface area contributed by atoms with Gasteiger partial charge in [-0.2, -0.15) is 0 Å². The SMILES string of the molecule is CCCN(C)CCC(=O)OCCCCOC(=O)CCN(C)CCC(=O)NCCOCC. The summed E-state index contributed by atoms with van der Waals surface area (Å²) in [4.78, 5) is 39.2. The van der Waals surface area contributed by atoms with Gasteiger partial charge in [-0.15, -0.1) is 0 Å². The highest BCUT2D eigenvalue weighted by Gasteiger charge is 2.09. The van der Waals surface area contributed by atoms with E-state index in [0.29, 0.717) is 78.3 Å². The van der Waals surface area contributed by atoms with Crippen LogP contribution in [0.1, 0.15) is 52.4 Å². The topological polar surface area (TPSA) is 97.4 Å². The number of hydrogen-bond acceptors (Lipinski definition) is 8. The van der Waals surface area contributed by atoms with Crippen molar-refractivity contribution in [2.75, 3.05) is 73.2 Å². The fourth-order valence-electron chi connectivity index (χ4n) is 2.68. The molecular weight excluding hydrogens is 402 g/mol. The number of esters is 2. The van der Waals surface area contributed by atoms with Crippen molar-refractivity contribution in [1.29, 1.82) is 0 Å². The molecule has 1 N–H and O–H groups in total. The maximum Gasteiger partial charge on any atom is 0.307 e. The van der Waals surface area contributed by atoms with Gasteiger partial charge in [0.1, 0.15) is 0 Å². The molecule has 0 aliphatic carbocycles. The van der Waals surface area contributed by atoms with Crippen LogP contribution in [0.15, 0.2) is 0 Å². The smallest absolute Gasteiger partial charge is 0.307 e. The Morgan fingerprint density at radius 1 is 0.742 bits per heavy atom. The van der Waals surface area contributed by atoms with Gasteiger partial charge >= 0.3 is 11.9 Å². The number of hydrogen-bond donors (Lipinski definition) is 1. The maximum atomic E-state index is 11.8. The van der Waals surface area contributed by atoms with Gasteiger partial charge < -0.3 is 29.3 Å². The molecule has 0 saturated heterocycles. The first-order chi connectivity index (χ1) is 14.9. The molecule has 1 amide bonds. The second kappa shape index (κ2) is 20.2. The minimum absolute atomic E-state index is 0.0252. The van der Waals surface area contributed by atoms with Gasteiger partial charge in [0, 0.05) is 39.2 Å². The van der Waals surface area contributed by atoms with Crippen LogP contribution in [0.4, 0.5) is 0 Å². The van der Waals surface area contributed by atoms with Gasteiger partial charge in [0.15, 0.2) is 0 Å². The van der Waals surface area contributed by atoms with Crippen molar-refractivity contribution in [2.24, 2.45) is 0 Å². The van der Waals surface area contributed by atoms with Crippen molar-refractivity contribution in [3.8, 4) is 0 Å². The van der Waals surface area contributed by atoms with Gasteiger partial charge in [0.2, 0.25) is 5.91 Å². The lowest BCUT2D eigenvalue weighted by Crippen LogP contribution is -2.31. The number of nitrogens with zero attached hydrogens (tertiary/aromatic N) is 2. The van der Waals surface area contributed by atoms with Crippen molar-refractivity contribution >= 4 is 17.8 Å². The van der Waals surface area contributed by atoms with E-state index < -0.39 is 0 Å². The summed E-state index contributed by atoms with van der Waals surface area (Å²) in [6.45, 7) is 9.15. The van der Waals surface area contributed by atoms with Gasteiger partial charge in [-0.05, 0) is 46.8 Å². The summed E-state index contributed by atoms with van der Waals surface area (Å²) in [6.07, 6.45) is 3.45. The molecule has 0 rings (SSSR count). The van der Waals surface area contributed by atoms with E-state index in [2.05, 4.69) is 17.1 Å². The number of rotatable bonds is 20. The number of amides is 1. The molecular formula is C22H43N3O6. The molecule has 0 aromatic rings. The number of unbranched alkanes of at least 4 members (excludes halogenated alkanes) is 1. The average molecular weight is 446 g/mol. The highest BCUT2D eigenvalue weighted by Crippen LogP contribution is 1.98. The van der Waals surface area contributed by atoms with Crippen molar-refractivity contribution in [2.45, 2.75) is 52.4 Å². The fourth-order valence-corrected chi connectivity index (χ4v) is 2.68. The molecule has 0 bridgehead atoms. The van der Waals surface area contributed by atoms with Crippen molar-refractivity contribution in [1.82, 2.24) is 15.1 Å². The van der Waals surface area contributed by atoms with Crippen LogP contribution in [-0.2, 0) is 28.6 Å². The molecule has 9 heteroatoms. The van der Waals surface area contributed by atoms with E-state index in [-0.39, 0.29) is 24.3 Å². The van der Waals surface area contributed by atoms with Crippen molar-refractivity contribution in [3.05, 3.63) is 0 Å². The summed E-state index contributed by atoms with van der Waals surface area (Å²) in [5, 5.41) is 2.79. The molecule has 0 atom stereocenters. The van der Waals surface area contributed by atoms with E-state index in [4.69, 9.17) is 14.2 Å². The molecule has 182 valence electrons. The lowest BCUT2D eigenvalue weighted by molar-refractivity contribution is -0.146. The molecule has 0 aromatic carbocycles. The maximum absolute atomic E-state index is 11.8. The number of ether oxygens (including phenoxy) is 3. The van der Waals surface area contributed by atoms with Crippen LogP contribution in [-0.4, -0.2) is 101 Å². The minimum atomic E-state index is -0.260. The predicted octanol–water partition coefficient (Wildman–Crippen LogP) is 1.45. The zero-order valence-corrected chi connectivity index (χ0v) is 20.0. The van der Waals surface area contributed by atoms with E-state index in [0.717, 1.165) is 13.0 Å². The zero-order chi connectivity index (χ0) is 23.3. The molecule has 0 saturated carbocycles. The zero-order valence-electron chi connectivity index (χ0n) is 20.0. The Morgan fingerprint density at radius 3 is 1.77 bits per heavy atom. The fraction of sp³-hybridized carbons (Fsp3) is 0.864. The second-order valence-corrected chi connectivity index (χ2v) is 7.55. The monoisotopic (exact) mass is 445 g/mol. The summed E-state index contributed by atoms with van der Waals surface area (Å²) in [5.74, 6) is -0.474. The molecule has 31 heavy (non-hydrogen) atoms. The lowest BCUT2D eigenvalue weighted by Gasteiger charge is -2.16. The highest BCUT2D eigenvalue weighted by molar-refractivity contribution is 5.76. The standard InChI is InChI=1S/C22H43N3O6/c1-5-13-24(3)15-10-21(27)30-17-7-8-18-31-22(28)11-16-25(4)14-9-20(26)23-12-19-29-6-2/h5-19H2,1-4H3,(H,23,26). The molecule has 0 radical (unpaired) electrons. The first-order valence-corrected chi connectivity index (χ1v) is 11.4. The molecule has 9 nitrogen and oxygen atoms in total. The summed E-state index contributed by atoms with van der Waals surface area (Å²) in [6, 6.07) is 0. The van der Waals surface area contributed by atoms with E-state index in [1.54, 1.807) is 0 Å². The van der Waals surface area contributed by atoms with Crippen LogP contribution in [0.3, 0.4) is 0 Å². The van der Waals surface area contributed by atoms with E-state index in [1.807, 2.05) is 25.9 Å². The van der Waals surface area contributed by atoms with Crippen LogP contribution >= 0.6 is 0 Å². The second-order valence-electron chi connectivity index (χ2n) is 7.55. The van der Waals surface area contributed by atoms with Crippen LogP contribution in [0.5, 0.6) is 0 Å². The summed E-state index contributed by atoms with van der Waals surface area (Å²) < 4.78 is 15.6. The lowest BCUT2D eigenvalue weighted by atomic mass is 10.3. The van der Waals surface area contributed by atoms with Gasteiger partial charge in [0.05, 0.1) is 32.7 Å². The first kappa shape index (κ1) is 29.3. The van der Waals surface area contributed by atoms with Gasteiger partial charge in [-0.1, -0.05) is 6.92 Å². The Balaban J connectivity index is 3.58. The molecule has 0 spiro atoms. The molecule has 0 heterocycles. The van der Waals surface area contributed by atoms with Crippen LogP contribution in [0, 0.1) is 0 Å². The van der Waals surface area contributed by atoms with Gasteiger partial charge in [-0.3, -0.25) is 14.4 Å². The van der Waals surface area contributed by atoms with Gasteiger partial charge in [-0.25, -0.2) is 0 Å². The molecule has 0 aliphatic heterocycles. The highest BCUT2D eigenvalue weighted by atomic mass is 16.5. The summed E-state index contributed by atoms with van der Waals surface area (Å²) >= 11 is 0. The Morgan fingerprint density at radius 2 is 1.26 bits per heavy atom. The number of carbonyl (C=O) groups is 3. The third-order valence-corrected chi connectivity index (χ3v) is 4.56. The molecule has 0 fully saturated rings. The molecule has 0 aromatic heterocycles. The van der Waals surface area contributed by atoms with Crippen LogP contribution in [0.25, 0.3) is 0 Å². The van der Waals surface area contributed by atoms with E-state index >= 15 is 0 Å². The van der Waals surface area contributed by atoms with E-state index in [1.165, 1.54) is 0 Å². The first-order valence-electron chi connectivity index (χ1n) is 11.4. The number of nitrogens with one attached hydrogen (secondary N) is 1. The summed E-state index contributed by atoms with van der Waals surface area (Å²) in [7, 11) is 3.86. The number of carbonyl (C=O) groups excluding carboxylic acids is 3. The average Bonchev–Trinajstić information content (AvgIpc) is 2.75. The Bertz CT molecular complexity index is 490. The van der Waals surface area contributed by atoms with E-state index in [9.17, 15) is 14.4 Å². The van der Waals surface area contributed by atoms with Gasteiger partial charge in [0.25, 0.3) is 0 Å². The third kappa shape index (κ3) is 20.0. The van der Waals surface area contributed by atoms with Crippen molar-refractivity contribution in [3.63, 3.8) is 0 Å². The van der Waals surface area contributed by atoms with Crippen LogP contribution < -0.4 is 5.32 Å². The Kier molecular flexibility index (Phi) is 19.1. The largest absolute Gasteiger partial charge is 0.466 e. The normalized spacial score (nSPS) is 11.0. The minimum Gasteiger partial charge on any atom is -0.466 e. The molecule has 0 aliphatic rings. The Hall–Kier alpha value is -1.71. The third-order valence-electron chi connectivity index (χ3n) is 4.56. The molecule has 0 unspecified atom stereocenters. The van der Waals surface area contributed by atoms with Crippen LogP contribution in [0.2, 0.25) is 0 Å². The predicted molar refractivity (Wildman–Crippen MR) is 120 cm³/mol.